The Morgan fingerprint density at radius 3 is 2.62 bits per heavy atom. The van der Waals surface area contributed by atoms with Crippen molar-refractivity contribution in [3.05, 3.63) is 18.1 Å². The van der Waals surface area contributed by atoms with Crippen molar-refractivity contribution < 1.29 is 9.53 Å². The maximum atomic E-state index is 11.5. The Hall–Kier alpha value is -1.17. The first-order chi connectivity index (χ1) is 7.42. The van der Waals surface area contributed by atoms with Crippen LogP contribution in [0.5, 0.6) is 0 Å². The number of nitrogens with zero attached hydrogens (tertiary/aromatic N) is 2. The van der Waals surface area contributed by atoms with E-state index in [4.69, 9.17) is 4.74 Å². The van der Waals surface area contributed by atoms with Crippen molar-refractivity contribution in [2.75, 3.05) is 5.32 Å². The van der Waals surface area contributed by atoms with Gasteiger partial charge in [0.2, 0.25) is 0 Å². The lowest BCUT2D eigenvalue weighted by Gasteiger charge is -2.19. The Balaban J connectivity index is 2.70. The summed E-state index contributed by atoms with van der Waals surface area (Å²) in [5.41, 5.74) is 0.134. The summed E-state index contributed by atoms with van der Waals surface area (Å²) < 4.78 is 5.11. The topological polar surface area (TPSA) is 64.1 Å². The highest BCUT2D eigenvalue weighted by molar-refractivity contribution is 9.08. The molecule has 0 aromatic carbocycles. The second kappa shape index (κ2) is 5.25. The highest BCUT2D eigenvalue weighted by atomic mass is 79.9. The SMILES string of the molecule is CC(C)(C)OC(=O)Nc1nccnc1CBr. The lowest BCUT2D eigenvalue weighted by atomic mass is 10.2. The Kier molecular flexibility index (Phi) is 4.23. The fraction of sp³-hybridized carbons (Fsp3) is 0.500. The van der Waals surface area contributed by atoms with Crippen LogP contribution < -0.4 is 5.32 Å². The molecule has 1 heterocycles. The Morgan fingerprint density at radius 1 is 1.44 bits per heavy atom. The molecule has 16 heavy (non-hydrogen) atoms. The minimum absolute atomic E-state index is 0.411. The van der Waals surface area contributed by atoms with Gasteiger partial charge in [0.05, 0.1) is 5.69 Å². The maximum Gasteiger partial charge on any atom is 0.413 e. The van der Waals surface area contributed by atoms with Crippen LogP contribution in [0.25, 0.3) is 0 Å². The molecule has 6 heteroatoms. The van der Waals surface area contributed by atoms with Crippen LogP contribution in [-0.2, 0) is 10.1 Å². The van der Waals surface area contributed by atoms with Gasteiger partial charge < -0.3 is 4.74 Å². The fourth-order valence-electron chi connectivity index (χ4n) is 0.969. The number of amides is 1. The summed E-state index contributed by atoms with van der Waals surface area (Å²) in [7, 11) is 0. The number of carbonyl (C=O) groups is 1. The molecule has 0 aliphatic rings. The number of rotatable bonds is 2. The van der Waals surface area contributed by atoms with E-state index in [1.807, 2.05) is 0 Å². The minimum atomic E-state index is -0.532. The number of alkyl halides is 1. The standard InChI is InChI=1S/C10H14BrN3O2/c1-10(2,3)16-9(15)14-8-7(6-11)12-4-5-13-8/h4-5H,6H2,1-3H3,(H,13,14,15). The maximum absolute atomic E-state index is 11.5. The monoisotopic (exact) mass is 287 g/mol. The van der Waals surface area contributed by atoms with Gasteiger partial charge in [-0.15, -0.1) is 0 Å². The first-order valence-electron chi connectivity index (χ1n) is 4.78. The summed E-state index contributed by atoms with van der Waals surface area (Å²) in [6, 6.07) is 0. The molecule has 1 aromatic heterocycles. The predicted octanol–water partition coefficient (Wildman–Crippen LogP) is 2.72. The number of ether oxygens (including phenoxy) is 1. The minimum Gasteiger partial charge on any atom is -0.444 e. The number of hydrogen-bond acceptors (Lipinski definition) is 4. The highest BCUT2D eigenvalue weighted by Crippen LogP contribution is 2.14. The van der Waals surface area contributed by atoms with E-state index in [1.165, 1.54) is 6.20 Å². The number of nitrogens with one attached hydrogen (secondary N) is 1. The molecule has 1 rings (SSSR count). The summed E-state index contributed by atoms with van der Waals surface area (Å²) in [6.07, 6.45) is 2.55. The van der Waals surface area contributed by atoms with Crippen molar-refractivity contribution in [3.63, 3.8) is 0 Å². The fourth-order valence-corrected chi connectivity index (χ4v) is 1.38. The van der Waals surface area contributed by atoms with Crippen LogP contribution in [0.1, 0.15) is 26.5 Å². The number of anilines is 1. The molecule has 0 atom stereocenters. The molecule has 1 amide bonds. The van der Waals surface area contributed by atoms with Gasteiger partial charge in [-0.2, -0.15) is 0 Å². The highest BCUT2D eigenvalue weighted by Gasteiger charge is 2.17. The van der Waals surface area contributed by atoms with Crippen LogP contribution in [0.15, 0.2) is 12.4 Å². The second-order valence-corrected chi connectivity index (χ2v) is 4.67. The zero-order valence-electron chi connectivity index (χ0n) is 9.45. The van der Waals surface area contributed by atoms with Crippen LogP contribution in [0.3, 0.4) is 0 Å². The molecule has 5 nitrogen and oxygen atoms in total. The third-order valence-corrected chi connectivity index (χ3v) is 2.05. The lowest BCUT2D eigenvalue weighted by Crippen LogP contribution is -2.27. The largest absolute Gasteiger partial charge is 0.444 e. The van der Waals surface area contributed by atoms with E-state index < -0.39 is 11.7 Å². The van der Waals surface area contributed by atoms with Crippen molar-refractivity contribution in [1.82, 2.24) is 9.97 Å². The average Bonchev–Trinajstić information content (AvgIpc) is 2.15. The van der Waals surface area contributed by atoms with Crippen molar-refractivity contribution in [3.8, 4) is 0 Å². The molecule has 0 bridgehead atoms. The summed E-state index contributed by atoms with van der Waals surface area (Å²) in [4.78, 5) is 19.6. The van der Waals surface area contributed by atoms with Gasteiger partial charge >= 0.3 is 6.09 Å². The molecule has 1 aromatic rings. The first kappa shape index (κ1) is 12.9. The van der Waals surface area contributed by atoms with Gasteiger partial charge in [0.1, 0.15) is 5.60 Å². The van der Waals surface area contributed by atoms with Gasteiger partial charge in [-0.25, -0.2) is 9.78 Å². The van der Waals surface area contributed by atoms with Crippen LogP contribution in [0.2, 0.25) is 0 Å². The Bertz CT molecular complexity index is 377. The van der Waals surface area contributed by atoms with E-state index >= 15 is 0 Å². The van der Waals surface area contributed by atoms with E-state index in [-0.39, 0.29) is 0 Å². The molecule has 0 unspecified atom stereocenters. The van der Waals surface area contributed by atoms with E-state index in [0.717, 1.165) is 0 Å². The molecule has 0 fully saturated rings. The lowest BCUT2D eigenvalue weighted by molar-refractivity contribution is 0.0635. The summed E-state index contributed by atoms with van der Waals surface area (Å²) in [6.45, 7) is 5.40. The van der Waals surface area contributed by atoms with Gasteiger partial charge in [-0.3, -0.25) is 10.3 Å². The number of carbonyl (C=O) groups excluding carboxylic acids is 1. The van der Waals surface area contributed by atoms with Crippen molar-refractivity contribution in [1.29, 1.82) is 0 Å². The molecule has 0 spiro atoms. The van der Waals surface area contributed by atoms with E-state index in [1.54, 1.807) is 27.0 Å². The van der Waals surface area contributed by atoms with E-state index in [2.05, 4.69) is 31.2 Å². The number of halogens is 1. The third-order valence-electron chi connectivity index (χ3n) is 1.52. The van der Waals surface area contributed by atoms with Gasteiger partial charge in [0.25, 0.3) is 0 Å². The Morgan fingerprint density at radius 2 is 2.06 bits per heavy atom. The molecule has 0 saturated heterocycles. The molecular formula is C10H14BrN3O2. The van der Waals surface area contributed by atoms with Crippen molar-refractivity contribution in [2.45, 2.75) is 31.7 Å². The molecule has 88 valence electrons. The number of aromatic nitrogens is 2. The van der Waals surface area contributed by atoms with Crippen molar-refractivity contribution >= 4 is 27.8 Å². The predicted molar refractivity (Wildman–Crippen MR) is 64.5 cm³/mol. The van der Waals surface area contributed by atoms with Crippen LogP contribution >= 0.6 is 15.9 Å². The zero-order chi connectivity index (χ0) is 12.2. The first-order valence-corrected chi connectivity index (χ1v) is 5.90. The van der Waals surface area contributed by atoms with Gasteiger partial charge in [0, 0.05) is 17.7 Å². The molecule has 0 radical (unpaired) electrons. The van der Waals surface area contributed by atoms with Crippen LogP contribution in [0.4, 0.5) is 10.6 Å². The summed E-state index contributed by atoms with van der Waals surface area (Å²) in [5, 5.41) is 3.07. The van der Waals surface area contributed by atoms with Gasteiger partial charge in [-0.05, 0) is 20.8 Å². The van der Waals surface area contributed by atoms with Crippen LogP contribution in [0, 0.1) is 0 Å². The van der Waals surface area contributed by atoms with Crippen molar-refractivity contribution in [2.24, 2.45) is 0 Å². The molecule has 0 aliphatic heterocycles. The average molecular weight is 288 g/mol. The second-order valence-electron chi connectivity index (χ2n) is 4.11. The quantitative estimate of drug-likeness (QED) is 0.850. The summed E-state index contributed by atoms with van der Waals surface area (Å²) >= 11 is 3.27. The Labute approximate surface area is 103 Å². The summed E-state index contributed by atoms with van der Waals surface area (Å²) in [5.74, 6) is 0.411. The van der Waals surface area contributed by atoms with E-state index in [0.29, 0.717) is 16.8 Å². The zero-order valence-corrected chi connectivity index (χ0v) is 11.0. The molecule has 1 N–H and O–H groups in total. The van der Waals surface area contributed by atoms with Gasteiger partial charge in [-0.1, -0.05) is 15.9 Å². The third kappa shape index (κ3) is 4.14. The molecule has 0 saturated carbocycles. The smallest absolute Gasteiger partial charge is 0.413 e. The molecular weight excluding hydrogens is 274 g/mol. The van der Waals surface area contributed by atoms with Crippen LogP contribution in [-0.4, -0.2) is 21.7 Å². The van der Waals surface area contributed by atoms with E-state index in [9.17, 15) is 4.79 Å². The normalized spacial score (nSPS) is 11.0. The van der Waals surface area contributed by atoms with Gasteiger partial charge in [0.15, 0.2) is 5.82 Å². The number of hydrogen-bond donors (Lipinski definition) is 1. The molecule has 0 aliphatic carbocycles.